The molecule has 0 fully saturated rings. The van der Waals surface area contributed by atoms with Crippen molar-refractivity contribution in [3.8, 4) is 11.5 Å². The second-order valence-corrected chi connectivity index (χ2v) is 6.27. The number of likely N-dealkylation sites (N-methyl/N-ethyl adjacent to an activating group) is 1. The van der Waals surface area contributed by atoms with Crippen LogP contribution in [0.4, 0.5) is 0 Å². The number of benzene rings is 2. The van der Waals surface area contributed by atoms with Gasteiger partial charge in [0.2, 0.25) is 11.6 Å². The van der Waals surface area contributed by atoms with Gasteiger partial charge in [0.25, 0.3) is 0 Å². The van der Waals surface area contributed by atoms with Gasteiger partial charge in [-0.1, -0.05) is 18.2 Å². The van der Waals surface area contributed by atoms with Crippen LogP contribution in [-0.2, 0) is 31.6 Å². The van der Waals surface area contributed by atoms with E-state index in [0.29, 0.717) is 16.2 Å². The van der Waals surface area contributed by atoms with E-state index in [9.17, 15) is 24.9 Å². The van der Waals surface area contributed by atoms with E-state index in [4.69, 9.17) is 9.57 Å². The first kappa shape index (κ1) is 18.8. The predicted molar refractivity (Wildman–Crippen MR) is 92.2 cm³/mol. The minimum Gasteiger partial charge on any atom is -0.508 e. The molecule has 3 rings (SSSR count). The Morgan fingerprint density at radius 2 is 1.78 bits per heavy atom. The highest BCUT2D eigenvalue weighted by atomic mass is 16.8. The Balaban J connectivity index is 2.09. The summed E-state index contributed by atoms with van der Waals surface area (Å²) in [6.07, 6.45) is -1.09. The van der Waals surface area contributed by atoms with Gasteiger partial charge < -0.3 is 20.1 Å². The standard InChI is InChI=1S/C19H19NO7/c1-11(21)18(24)20(2)27-19(25)16-9-15(23)8-5-13(16)10-26-17(19)12-3-6-14(22)7-4-12/h3-9,17,22-23,25H,10H2,1-2H3. The van der Waals surface area contributed by atoms with Gasteiger partial charge in [-0.25, -0.2) is 9.90 Å². The molecule has 1 aliphatic heterocycles. The van der Waals surface area contributed by atoms with Crippen molar-refractivity contribution >= 4 is 11.7 Å². The van der Waals surface area contributed by atoms with Gasteiger partial charge in [0.05, 0.1) is 6.61 Å². The molecule has 0 aromatic heterocycles. The molecule has 2 aromatic rings. The quantitative estimate of drug-likeness (QED) is 0.422. The van der Waals surface area contributed by atoms with E-state index in [1.54, 1.807) is 6.07 Å². The van der Waals surface area contributed by atoms with E-state index >= 15 is 0 Å². The van der Waals surface area contributed by atoms with E-state index in [-0.39, 0.29) is 23.7 Å². The maximum atomic E-state index is 11.9. The number of hydrogen-bond acceptors (Lipinski definition) is 7. The number of carbonyl (C=O) groups is 2. The molecule has 0 saturated heterocycles. The van der Waals surface area contributed by atoms with E-state index in [0.717, 1.165) is 6.92 Å². The number of rotatable bonds is 4. The van der Waals surface area contributed by atoms with Crippen LogP contribution in [-0.4, -0.2) is 39.1 Å². The number of Topliss-reactive ketones (excluding diaryl/α,β-unsaturated/α-hetero) is 1. The van der Waals surface area contributed by atoms with Crippen molar-refractivity contribution in [2.24, 2.45) is 0 Å². The number of fused-ring (bicyclic) bond motifs is 1. The number of amides is 1. The van der Waals surface area contributed by atoms with Crippen molar-refractivity contribution in [2.45, 2.75) is 25.4 Å². The smallest absolute Gasteiger partial charge is 0.313 e. The molecular formula is C19H19NO7. The maximum absolute atomic E-state index is 11.9. The van der Waals surface area contributed by atoms with Gasteiger partial charge in [0.15, 0.2) is 0 Å². The van der Waals surface area contributed by atoms with Gasteiger partial charge in [-0.05, 0) is 35.4 Å². The van der Waals surface area contributed by atoms with E-state index in [2.05, 4.69) is 0 Å². The average molecular weight is 373 g/mol. The average Bonchev–Trinajstić information content (AvgIpc) is 2.62. The fraction of sp³-hybridized carbons (Fsp3) is 0.263. The number of hydroxylamine groups is 2. The van der Waals surface area contributed by atoms with Crippen LogP contribution < -0.4 is 0 Å². The van der Waals surface area contributed by atoms with Crippen molar-refractivity contribution < 1.29 is 34.5 Å². The number of ether oxygens (including phenoxy) is 1. The topological polar surface area (TPSA) is 117 Å². The molecule has 1 heterocycles. The number of aromatic hydroxyl groups is 2. The molecule has 0 saturated carbocycles. The summed E-state index contributed by atoms with van der Waals surface area (Å²) >= 11 is 0. The van der Waals surface area contributed by atoms with Crippen LogP contribution in [0.5, 0.6) is 11.5 Å². The van der Waals surface area contributed by atoms with Crippen LogP contribution in [0.2, 0.25) is 0 Å². The summed E-state index contributed by atoms with van der Waals surface area (Å²) in [7, 11) is 1.20. The molecule has 142 valence electrons. The van der Waals surface area contributed by atoms with Crippen LogP contribution in [0.15, 0.2) is 42.5 Å². The number of carbonyl (C=O) groups excluding carboxylic acids is 2. The van der Waals surface area contributed by atoms with Crippen LogP contribution in [0, 0.1) is 0 Å². The molecule has 0 bridgehead atoms. The molecule has 0 spiro atoms. The van der Waals surface area contributed by atoms with Gasteiger partial charge in [0, 0.05) is 19.5 Å². The molecule has 8 heteroatoms. The zero-order chi connectivity index (χ0) is 19.8. The molecular weight excluding hydrogens is 354 g/mol. The Hall–Kier alpha value is -2.94. The monoisotopic (exact) mass is 373 g/mol. The summed E-state index contributed by atoms with van der Waals surface area (Å²) in [5, 5.41) is 31.4. The Kier molecular flexibility index (Phi) is 4.88. The van der Waals surface area contributed by atoms with Crippen molar-refractivity contribution in [1.82, 2.24) is 5.06 Å². The van der Waals surface area contributed by atoms with Gasteiger partial charge in [-0.2, -0.15) is 0 Å². The van der Waals surface area contributed by atoms with E-state index in [1.807, 2.05) is 0 Å². The molecule has 2 atom stereocenters. The van der Waals surface area contributed by atoms with Crippen LogP contribution in [0.1, 0.15) is 29.7 Å². The molecule has 2 aromatic carbocycles. The highest BCUT2D eigenvalue weighted by molar-refractivity contribution is 6.34. The molecule has 27 heavy (non-hydrogen) atoms. The molecule has 2 unspecified atom stereocenters. The second-order valence-electron chi connectivity index (χ2n) is 6.27. The van der Waals surface area contributed by atoms with E-state index in [1.165, 1.54) is 43.4 Å². The number of phenolic OH excluding ortho intramolecular Hbond substituents is 2. The number of ketones is 1. The lowest BCUT2D eigenvalue weighted by Gasteiger charge is -2.42. The number of aliphatic hydroxyl groups is 1. The fourth-order valence-electron chi connectivity index (χ4n) is 2.99. The van der Waals surface area contributed by atoms with Crippen molar-refractivity contribution in [3.63, 3.8) is 0 Å². The number of nitrogens with zero attached hydrogens (tertiary/aromatic N) is 1. The van der Waals surface area contributed by atoms with Crippen molar-refractivity contribution in [2.75, 3.05) is 7.05 Å². The van der Waals surface area contributed by atoms with Gasteiger partial charge in [-0.15, -0.1) is 0 Å². The summed E-state index contributed by atoms with van der Waals surface area (Å²) in [5.74, 6) is -4.01. The first-order valence-electron chi connectivity index (χ1n) is 8.15. The Morgan fingerprint density at radius 3 is 2.41 bits per heavy atom. The summed E-state index contributed by atoms with van der Waals surface area (Å²) in [4.78, 5) is 28.8. The van der Waals surface area contributed by atoms with Crippen LogP contribution >= 0.6 is 0 Å². The lowest BCUT2D eigenvalue weighted by atomic mass is 9.88. The van der Waals surface area contributed by atoms with Gasteiger partial charge in [-0.3, -0.25) is 9.59 Å². The summed E-state index contributed by atoms with van der Waals surface area (Å²) < 4.78 is 5.77. The third kappa shape index (κ3) is 3.50. The number of hydrogen-bond donors (Lipinski definition) is 3. The summed E-state index contributed by atoms with van der Waals surface area (Å²) in [6.45, 7) is 1.21. The maximum Gasteiger partial charge on any atom is 0.313 e. The molecule has 3 N–H and O–H groups in total. The highest BCUT2D eigenvalue weighted by Gasteiger charge is 2.49. The first-order chi connectivity index (χ1) is 12.7. The molecule has 8 nitrogen and oxygen atoms in total. The number of phenols is 2. The van der Waals surface area contributed by atoms with Crippen LogP contribution in [0.25, 0.3) is 0 Å². The Morgan fingerprint density at radius 1 is 1.15 bits per heavy atom. The zero-order valence-electron chi connectivity index (χ0n) is 14.7. The molecule has 1 aliphatic rings. The lowest BCUT2D eigenvalue weighted by Crippen LogP contribution is -2.48. The largest absolute Gasteiger partial charge is 0.508 e. The minimum atomic E-state index is -2.21. The molecule has 0 radical (unpaired) electrons. The van der Waals surface area contributed by atoms with E-state index < -0.39 is 23.6 Å². The predicted octanol–water partition coefficient (Wildman–Crippen LogP) is 1.49. The highest BCUT2D eigenvalue weighted by Crippen LogP contribution is 2.46. The first-order valence-corrected chi connectivity index (χ1v) is 8.15. The zero-order valence-corrected chi connectivity index (χ0v) is 14.7. The van der Waals surface area contributed by atoms with Gasteiger partial charge >= 0.3 is 5.91 Å². The normalized spacial score (nSPS) is 21.4. The third-order valence-electron chi connectivity index (χ3n) is 4.30. The minimum absolute atomic E-state index is 0.0286. The molecule has 0 aliphatic carbocycles. The second kappa shape index (κ2) is 6.99. The lowest BCUT2D eigenvalue weighted by molar-refractivity contribution is -0.364. The fourth-order valence-corrected chi connectivity index (χ4v) is 2.99. The molecule has 1 amide bonds. The summed E-state index contributed by atoms with van der Waals surface area (Å²) in [6, 6.07) is 10.2. The SMILES string of the molecule is CC(=O)C(=O)N(C)OC1(O)c2cc(O)ccc2COC1c1ccc(O)cc1. The van der Waals surface area contributed by atoms with Crippen LogP contribution in [0.3, 0.4) is 0 Å². The van der Waals surface area contributed by atoms with Gasteiger partial charge in [0.1, 0.15) is 17.6 Å². The summed E-state index contributed by atoms with van der Waals surface area (Å²) in [5.41, 5.74) is 1.22. The Bertz CT molecular complexity index is 880. The third-order valence-corrected chi connectivity index (χ3v) is 4.30. The van der Waals surface area contributed by atoms with Crippen molar-refractivity contribution in [1.29, 1.82) is 0 Å². The Labute approximate surface area is 155 Å². The van der Waals surface area contributed by atoms with Crippen molar-refractivity contribution in [3.05, 3.63) is 59.2 Å².